The van der Waals surface area contributed by atoms with Gasteiger partial charge in [0.15, 0.2) is 5.82 Å². The molecule has 0 aliphatic carbocycles. The Kier molecular flexibility index (Phi) is 2.63. The van der Waals surface area contributed by atoms with Crippen LogP contribution in [0.15, 0.2) is 12.3 Å². The van der Waals surface area contributed by atoms with E-state index in [9.17, 15) is 0 Å². The number of hydrogen-bond donors (Lipinski definition) is 0. The highest BCUT2D eigenvalue weighted by molar-refractivity contribution is 6.33. The third-order valence-corrected chi connectivity index (χ3v) is 2.40. The minimum absolute atomic E-state index is 0.398. The Bertz CT molecular complexity index is 467. The van der Waals surface area contributed by atoms with Gasteiger partial charge in [-0.25, -0.2) is 9.97 Å². The SMILES string of the molecule is Cc1cc(Cl)nc(-c2c(Cl)cnn2C)n1. The van der Waals surface area contributed by atoms with Crippen LogP contribution >= 0.6 is 23.2 Å². The van der Waals surface area contributed by atoms with Gasteiger partial charge < -0.3 is 0 Å². The molecule has 0 saturated heterocycles. The summed E-state index contributed by atoms with van der Waals surface area (Å²) in [6.45, 7) is 1.85. The first-order valence-electron chi connectivity index (χ1n) is 4.27. The molecule has 0 bridgehead atoms. The van der Waals surface area contributed by atoms with Gasteiger partial charge in [-0.2, -0.15) is 5.10 Å². The van der Waals surface area contributed by atoms with Gasteiger partial charge in [0.05, 0.1) is 11.2 Å². The van der Waals surface area contributed by atoms with Gasteiger partial charge in [-0.05, 0) is 13.0 Å². The lowest BCUT2D eigenvalue weighted by Crippen LogP contribution is -1.99. The minimum Gasteiger partial charge on any atom is -0.263 e. The van der Waals surface area contributed by atoms with E-state index in [0.717, 1.165) is 5.69 Å². The second-order valence-electron chi connectivity index (χ2n) is 3.12. The van der Waals surface area contributed by atoms with Crippen LogP contribution in [-0.2, 0) is 7.05 Å². The summed E-state index contributed by atoms with van der Waals surface area (Å²) in [5.41, 5.74) is 1.46. The third kappa shape index (κ3) is 1.96. The average molecular weight is 243 g/mol. The van der Waals surface area contributed by atoms with E-state index in [4.69, 9.17) is 23.2 Å². The molecule has 2 aromatic rings. The molecule has 0 aliphatic rings. The van der Waals surface area contributed by atoms with E-state index in [1.165, 1.54) is 0 Å². The van der Waals surface area contributed by atoms with E-state index in [-0.39, 0.29) is 0 Å². The van der Waals surface area contributed by atoms with Gasteiger partial charge in [0.2, 0.25) is 0 Å². The van der Waals surface area contributed by atoms with E-state index < -0.39 is 0 Å². The molecule has 0 radical (unpaired) electrons. The Morgan fingerprint density at radius 2 is 2.00 bits per heavy atom. The fourth-order valence-electron chi connectivity index (χ4n) is 1.30. The molecule has 6 heteroatoms. The highest BCUT2D eigenvalue weighted by Crippen LogP contribution is 2.25. The lowest BCUT2D eigenvalue weighted by Gasteiger charge is -2.03. The van der Waals surface area contributed by atoms with Crippen molar-refractivity contribution in [1.29, 1.82) is 0 Å². The fraction of sp³-hybridized carbons (Fsp3) is 0.222. The molecule has 15 heavy (non-hydrogen) atoms. The number of aromatic nitrogens is 4. The Morgan fingerprint density at radius 1 is 1.27 bits per heavy atom. The van der Waals surface area contributed by atoms with Gasteiger partial charge >= 0.3 is 0 Å². The zero-order valence-electron chi connectivity index (χ0n) is 8.20. The molecule has 0 spiro atoms. The molecule has 2 heterocycles. The predicted molar refractivity (Wildman–Crippen MR) is 59.0 cm³/mol. The number of hydrogen-bond acceptors (Lipinski definition) is 3. The van der Waals surface area contributed by atoms with E-state index in [2.05, 4.69) is 15.1 Å². The molecule has 0 aliphatic heterocycles. The number of aryl methyl sites for hydroxylation is 2. The molecule has 0 N–H and O–H groups in total. The van der Waals surface area contributed by atoms with Crippen molar-refractivity contribution in [2.75, 3.05) is 0 Å². The monoisotopic (exact) mass is 242 g/mol. The number of halogens is 2. The summed E-state index contributed by atoms with van der Waals surface area (Å²) in [6, 6.07) is 1.69. The smallest absolute Gasteiger partial charge is 0.181 e. The Labute approximate surface area is 96.9 Å². The second kappa shape index (κ2) is 3.79. The van der Waals surface area contributed by atoms with Gasteiger partial charge in [0, 0.05) is 12.7 Å². The first kappa shape index (κ1) is 10.4. The van der Waals surface area contributed by atoms with E-state index >= 15 is 0 Å². The largest absolute Gasteiger partial charge is 0.263 e. The summed E-state index contributed by atoms with van der Waals surface area (Å²) < 4.78 is 1.62. The van der Waals surface area contributed by atoms with Crippen molar-refractivity contribution in [1.82, 2.24) is 19.7 Å². The van der Waals surface area contributed by atoms with Crippen LogP contribution in [0.4, 0.5) is 0 Å². The molecule has 2 aromatic heterocycles. The van der Waals surface area contributed by atoms with Gasteiger partial charge in [0.25, 0.3) is 0 Å². The normalized spacial score (nSPS) is 10.7. The predicted octanol–water partition coefficient (Wildman–Crippen LogP) is 2.49. The molecule has 0 saturated carbocycles. The van der Waals surface area contributed by atoms with Crippen molar-refractivity contribution < 1.29 is 0 Å². The van der Waals surface area contributed by atoms with Crippen LogP contribution in [0, 0.1) is 6.92 Å². The topological polar surface area (TPSA) is 43.6 Å². The van der Waals surface area contributed by atoms with Crippen LogP contribution in [0.3, 0.4) is 0 Å². The summed E-state index contributed by atoms with van der Waals surface area (Å²) >= 11 is 11.8. The zero-order chi connectivity index (χ0) is 11.0. The van der Waals surface area contributed by atoms with Crippen LogP contribution in [0.25, 0.3) is 11.5 Å². The van der Waals surface area contributed by atoms with Crippen LogP contribution < -0.4 is 0 Å². The van der Waals surface area contributed by atoms with Crippen molar-refractivity contribution in [3.05, 3.63) is 28.1 Å². The maximum absolute atomic E-state index is 5.98. The van der Waals surface area contributed by atoms with Crippen LogP contribution in [0.2, 0.25) is 10.2 Å². The maximum atomic E-state index is 5.98. The molecular formula is C9H8Cl2N4. The van der Waals surface area contributed by atoms with Crippen molar-refractivity contribution in [2.45, 2.75) is 6.92 Å². The number of rotatable bonds is 1. The van der Waals surface area contributed by atoms with Gasteiger partial charge in [-0.15, -0.1) is 0 Å². The average Bonchev–Trinajstić information content (AvgIpc) is 2.44. The third-order valence-electron chi connectivity index (χ3n) is 1.93. The Morgan fingerprint density at radius 3 is 2.53 bits per heavy atom. The fourth-order valence-corrected chi connectivity index (χ4v) is 1.79. The molecule has 78 valence electrons. The molecule has 2 rings (SSSR count). The van der Waals surface area contributed by atoms with Crippen molar-refractivity contribution >= 4 is 23.2 Å². The summed E-state index contributed by atoms with van der Waals surface area (Å²) in [4.78, 5) is 8.36. The van der Waals surface area contributed by atoms with E-state index in [1.807, 2.05) is 6.92 Å². The first-order valence-corrected chi connectivity index (χ1v) is 5.02. The highest BCUT2D eigenvalue weighted by atomic mass is 35.5. The molecule has 4 nitrogen and oxygen atoms in total. The Hall–Kier alpha value is -1.13. The van der Waals surface area contributed by atoms with E-state index in [1.54, 1.807) is 24.0 Å². The molecule has 0 unspecified atom stereocenters. The van der Waals surface area contributed by atoms with Crippen molar-refractivity contribution in [3.8, 4) is 11.5 Å². The van der Waals surface area contributed by atoms with Gasteiger partial charge in [0.1, 0.15) is 10.8 Å². The molecule has 0 atom stereocenters. The summed E-state index contributed by atoms with van der Waals surface area (Å²) in [6.07, 6.45) is 1.55. The van der Waals surface area contributed by atoms with E-state index in [0.29, 0.717) is 21.7 Å². The van der Waals surface area contributed by atoms with Crippen LogP contribution in [0.5, 0.6) is 0 Å². The minimum atomic E-state index is 0.398. The highest BCUT2D eigenvalue weighted by Gasteiger charge is 2.12. The van der Waals surface area contributed by atoms with Gasteiger partial charge in [-0.1, -0.05) is 23.2 Å². The quantitative estimate of drug-likeness (QED) is 0.722. The summed E-state index contributed by atoms with van der Waals surface area (Å²) in [5.74, 6) is 0.491. The molecule has 0 amide bonds. The lowest BCUT2D eigenvalue weighted by molar-refractivity contribution is 0.769. The molecule has 0 aromatic carbocycles. The van der Waals surface area contributed by atoms with Crippen LogP contribution in [-0.4, -0.2) is 19.7 Å². The van der Waals surface area contributed by atoms with Crippen molar-refractivity contribution in [3.63, 3.8) is 0 Å². The van der Waals surface area contributed by atoms with Crippen LogP contribution in [0.1, 0.15) is 5.69 Å². The Balaban J connectivity index is 2.63. The standard InChI is InChI=1S/C9H8Cl2N4/c1-5-3-7(11)14-9(13-5)8-6(10)4-12-15(8)2/h3-4H,1-2H3. The maximum Gasteiger partial charge on any atom is 0.181 e. The summed E-state index contributed by atoms with van der Waals surface area (Å²) in [5, 5.41) is 4.92. The van der Waals surface area contributed by atoms with Crippen molar-refractivity contribution in [2.24, 2.45) is 7.05 Å². The number of nitrogens with zero attached hydrogens (tertiary/aromatic N) is 4. The zero-order valence-corrected chi connectivity index (χ0v) is 9.71. The summed E-state index contributed by atoms with van der Waals surface area (Å²) in [7, 11) is 1.78. The van der Waals surface area contributed by atoms with Gasteiger partial charge in [-0.3, -0.25) is 4.68 Å². The molecule has 0 fully saturated rings. The second-order valence-corrected chi connectivity index (χ2v) is 3.91. The lowest BCUT2D eigenvalue weighted by atomic mass is 10.3. The molecular weight excluding hydrogens is 235 g/mol. The first-order chi connectivity index (χ1) is 7.08.